The lowest BCUT2D eigenvalue weighted by Crippen LogP contribution is -2.41. The van der Waals surface area contributed by atoms with Crippen LogP contribution in [0, 0.1) is 5.92 Å². The maximum atomic E-state index is 14.0. The normalized spacial score (nSPS) is 17.2. The van der Waals surface area contributed by atoms with E-state index in [0.717, 1.165) is 12.8 Å². The quantitative estimate of drug-likeness (QED) is 0.270. The van der Waals surface area contributed by atoms with Gasteiger partial charge in [-0.05, 0) is 54.3 Å². The molecule has 12 heteroatoms. The van der Waals surface area contributed by atoms with Crippen molar-refractivity contribution in [3.05, 3.63) is 71.2 Å². The van der Waals surface area contributed by atoms with Gasteiger partial charge in [0, 0.05) is 30.9 Å². The number of methoxy groups -OCH3 is 1. The third-order valence-corrected chi connectivity index (χ3v) is 9.05. The molecule has 0 fully saturated rings. The molecule has 0 spiro atoms. The second-order valence-corrected chi connectivity index (χ2v) is 12.5. The molecule has 0 bridgehead atoms. The van der Waals surface area contributed by atoms with Crippen LogP contribution in [0.1, 0.15) is 30.6 Å². The molecule has 3 aromatic rings. The zero-order chi connectivity index (χ0) is 30.1. The smallest absolute Gasteiger partial charge is 0.422 e. The van der Waals surface area contributed by atoms with E-state index in [4.69, 9.17) is 21.1 Å². The van der Waals surface area contributed by atoms with Crippen LogP contribution in [0.25, 0.3) is 11.1 Å². The summed E-state index contributed by atoms with van der Waals surface area (Å²) in [5, 5.41) is 0.185. The summed E-state index contributed by atoms with van der Waals surface area (Å²) >= 11 is 6.75. The standard InChI is InChI=1S/C29H30ClF3N2O5S/c1-18(2)12-21-16-35(20-8-6-5-7-9-20)25-15-24(30)22(14-27(25)41(37,38)34(21)3)19-10-11-26(40-17-29(31,32)33)23(13-19)28(36)39-4/h5-11,13-15,18,21H,12,16-17H2,1-4H3/t21-/m1/s1. The first kappa shape index (κ1) is 30.7. The molecule has 7 nitrogen and oxygen atoms in total. The summed E-state index contributed by atoms with van der Waals surface area (Å²) in [6.45, 7) is 2.84. The van der Waals surface area contributed by atoms with Crippen molar-refractivity contribution in [3.8, 4) is 16.9 Å². The second kappa shape index (κ2) is 11.9. The van der Waals surface area contributed by atoms with Gasteiger partial charge in [0.05, 0.1) is 17.8 Å². The van der Waals surface area contributed by atoms with Crippen molar-refractivity contribution in [1.29, 1.82) is 0 Å². The van der Waals surface area contributed by atoms with Crippen molar-refractivity contribution in [3.63, 3.8) is 0 Å². The number of alkyl halides is 3. The number of hydrogen-bond donors (Lipinski definition) is 0. The van der Waals surface area contributed by atoms with Gasteiger partial charge >= 0.3 is 12.1 Å². The Balaban J connectivity index is 1.90. The number of nitrogens with zero attached hydrogens (tertiary/aromatic N) is 2. The molecule has 0 unspecified atom stereocenters. The molecule has 0 aliphatic carbocycles. The first-order valence-electron chi connectivity index (χ1n) is 12.8. The fourth-order valence-electron chi connectivity index (χ4n) is 4.83. The zero-order valence-electron chi connectivity index (χ0n) is 22.9. The maximum absolute atomic E-state index is 14.0. The van der Waals surface area contributed by atoms with Crippen molar-refractivity contribution in [2.24, 2.45) is 5.92 Å². The van der Waals surface area contributed by atoms with Crippen LogP contribution in [-0.4, -0.2) is 58.2 Å². The van der Waals surface area contributed by atoms with E-state index >= 15 is 0 Å². The number of anilines is 2. The van der Waals surface area contributed by atoms with E-state index in [1.807, 2.05) is 49.1 Å². The summed E-state index contributed by atoms with van der Waals surface area (Å²) in [4.78, 5) is 14.4. The van der Waals surface area contributed by atoms with Crippen molar-refractivity contribution in [2.75, 3.05) is 32.2 Å². The lowest BCUT2D eigenvalue weighted by Gasteiger charge is -2.30. The van der Waals surface area contributed by atoms with Crippen LogP contribution in [0.5, 0.6) is 5.75 Å². The van der Waals surface area contributed by atoms with Crippen LogP contribution in [0.15, 0.2) is 65.6 Å². The number of carbonyl (C=O) groups excluding carboxylic acids is 1. The van der Waals surface area contributed by atoms with Gasteiger partial charge in [-0.2, -0.15) is 17.5 Å². The van der Waals surface area contributed by atoms with Gasteiger partial charge in [-0.3, -0.25) is 0 Å². The third kappa shape index (κ3) is 6.63. The second-order valence-electron chi connectivity index (χ2n) is 10.2. The summed E-state index contributed by atoms with van der Waals surface area (Å²) in [5.74, 6) is -1.03. The number of para-hydroxylation sites is 1. The summed E-state index contributed by atoms with van der Waals surface area (Å²) in [6, 6.07) is 15.9. The molecule has 1 aliphatic rings. The molecule has 0 saturated carbocycles. The fraction of sp³-hybridized carbons (Fsp3) is 0.345. The molecule has 0 aromatic heterocycles. The van der Waals surface area contributed by atoms with Crippen LogP contribution in [0.3, 0.4) is 0 Å². The molecule has 220 valence electrons. The Kier molecular flexibility index (Phi) is 8.91. The number of hydrogen-bond acceptors (Lipinski definition) is 6. The average Bonchev–Trinajstić information content (AvgIpc) is 2.99. The number of carbonyl (C=O) groups is 1. The van der Waals surface area contributed by atoms with Crippen molar-refractivity contribution < 1.29 is 35.9 Å². The summed E-state index contributed by atoms with van der Waals surface area (Å²) in [5.41, 5.74) is 1.48. The minimum Gasteiger partial charge on any atom is -0.483 e. The number of ether oxygens (including phenoxy) is 2. The minimum absolute atomic E-state index is 0.00604. The Labute approximate surface area is 242 Å². The van der Waals surface area contributed by atoms with Crippen molar-refractivity contribution >= 4 is 39.0 Å². The molecule has 41 heavy (non-hydrogen) atoms. The van der Waals surface area contributed by atoms with Crippen LogP contribution < -0.4 is 9.64 Å². The van der Waals surface area contributed by atoms with Gasteiger partial charge in [0.25, 0.3) is 0 Å². The highest BCUT2D eigenvalue weighted by molar-refractivity contribution is 7.89. The molecular weight excluding hydrogens is 581 g/mol. The Bertz CT molecular complexity index is 1530. The van der Waals surface area contributed by atoms with Crippen LogP contribution in [0.2, 0.25) is 5.02 Å². The van der Waals surface area contributed by atoms with Gasteiger partial charge in [0.15, 0.2) is 6.61 Å². The fourth-order valence-corrected chi connectivity index (χ4v) is 6.65. The summed E-state index contributed by atoms with van der Waals surface area (Å²) in [6.07, 6.45) is -4.00. The number of esters is 1. The van der Waals surface area contributed by atoms with Gasteiger partial charge in [-0.1, -0.05) is 49.7 Å². The predicted molar refractivity (Wildman–Crippen MR) is 151 cm³/mol. The number of sulfonamides is 1. The molecule has 3 aromatic carbocycles. The van der Waals surface area contributed by atoms with Gasteiger partial charge in [0.2, 0.25) is 10.0 Å². The minimum atomic E-state index is -4.62. The monoisotopic (exact) mass is 610 g/mol. The third-order valence-electron chi connectivity index (χ3n) is 6.80. The summed E-state index contributed by atoms with van der Waals surface area (Å²) < 4.78 is 77.3. The molecule has 0 radical (unpaired) electrons. The molecule has 0 N–H and O–H groups in total. The highest BCUT2D eigenvalue weighted by atomic mass is 35.5. The molecule has 4 rings (SSSR count). The van der Waals surface area contributed by atoms with Crippen molar-refractivity contribution in [2.45, 2.75) is 37.4 Å². The topological polar surface area (TPSA) is 76.2 Å². The Morgan fingerprint density at radius 1 is 1.10 bits per heavy atom. The maximum Gasteiger partial charge on any atom is 0.422 e. The SMILES string of the molecule is COC(=O)c1cc(-c2cc3c(cc2Cl)N(c2ccccc2)C[C@@H](CC(C)C)N(C)S3(=O)=O)ccc1OCC(F)(F)F. The lowest BCUT2D eigenvalue weighted by molar-refractivity contribution is -0.153. The summed E-state index contributed by atoms with van der Waals surface area (Å²) in [7, 11) is -1.37. The molecule has 1 atom stereocenters. The molecular formula is C29H30ClF3N2O5S. The molecule has 0 saturated heterocycles. The Morgan fingerprint density at radius 3 is 2.39 bits per heavy atom. The zero-order valence-corrected chi connectivity index (χ0v) is 24.5. The highest BCUT2D eigenvalue weighted by Gasteiger charge is 2.38. The number of benzene rings is 3. The first-order chi connectivity index (χ1) is 19.2. The number of rotatable bonds is 7. The van der Waals surface area contributed by atoms with Crippen LogP contribution in [-0.2, 0) is 14.8 Å². The van der Waals surface area contributed by atoms with Crippen molar-refractivity contribution in [1.82, 2.24) is 4.31 Å². The first-order valence-corrected chi connectivity index (χ1v) is 14.6. The highest BCUT2D eigenvalue weighted by Crippen LogP contribution is 2.43. The van der Waals surface area contributed by atoms with E-state index in [-0.39, 0.29) is 38.8 Å². The number of fused-ring (bicyclic) bond motifs is 1. The van der Waals surface area contributed by atoms with E-state index in [0.29, 0.717) is 24.2 Å². The van der Waals surface area contributed by atoms with Crippen LogP contribution in [0.4, 0.5) is 24.5 Å². The lowest BCUT2D eigenvalue weighted by atomic mass is 10.0. The Hall–Kier alpha value is -3.28. The van der Waals surface area contributed by atoms with Gasteiger partial charge < -0.3 is 14.4 Å². The van der Waals surface area contributed by atoms with E-state index in [1.54, 1.807) is 13.1 Å². The molecule has 0 amide bonds. The van der Waals surface area contributed by atoms with Crippen LogP contribution >= 0.6 is 11.6 Å². The largest absolute Gasteiger partial charge is 0.483 e. The van der Waals surface area contributed by atoms with Gasteiger partial charge in [-0.25, -0.2) is 13.2 Å². The van der Waals surface area contributed by atoms with E-state index in [1.165, 1.54) is 28.6 Å². The van der Waals surface area contributed by atoms with E-state index < -0.39 is 28.8 Å². The predicted octanol–water partition coefficient (Wildman–Crippen LogP) is 6.92. The number of halogens is 4. The molecule has 1 aliphatic heterocycles. The van der Waals surface area contributed by atoms with E-state index in [9.17, 15) is 26.4 Å². The van der Waals surface area contributed by atoms with Gasteiger partial charge in [-0.15, -0.1) is 0 Å². The average molecular weight is 611 g/mol. The van der Waals surface area contributed by atoms with Gasteiger partial charge in [0.1, 0.15) is 16.2 Å². The van der Waals surface area contributed by atoms with E-state index in [2.05, 4.69) is 0 Å². The molecule has 1 heterocycles. The Morgan fingerprint density at radius 2 is 1.78 bits per heavy atom. The number of likely N-dealkylation sites (N-methyl/N-ethyl adjacent to an activating group) is 1.